The van der Waals surface area contributed by atoms with Gasteiger partial charge in [0.1, 0.15) is 6.61 Å². The number of benzene rings is 1. The summed E-state index contributed by atoms with van der Waals surface area (Å²) in [6.45, 7) is 1.91. The van der Waals surface area contributed by atoms with Crippen LogP contribution in [0.1, 0.15) is 30.0 Å². The predicted molar refractivity (Wildman–Crippen MR) is 120 cm³/mol. The van der Waals surface area contributed by atoms with Gasteiger partial charge in [0.15, 0.2) is 0 Å². The SMILES string of the molecule is CCC1(OC(=O)CNC)C(=O)OCc2c1cc1n(c2=O)Cc2cc3ccccc3nc2-1.Cl. The van der Waals surface area contributed by atoms with Crippen LogP contribution in [0.5, 0.6) is 0 Å². The zero-order valence-electron chi connectivity index (χ0n) is 17.6. The molecule has 0 saturated heterocycles. The number of hydrogen-bond acceptors (Lipinski definition) is 7. The van der Waals surface area contributed by atoms with Crippen molar-refractivity contribution >= 4 is 35.2 Å². The molecule has 4 heterocycles. The van der Waals surface area contributed by atoms with Gasteiger partial charge in [-0.25, -0.2) is 9.78 Å². The number of cyclic esters (lactones) is 1. The van der Waals surface area contributed by atoms with Crippen LogP contribution in [0.2, 0.25) is 0 Å². The Morgan fingerprint density at radius 1 is 1.28 bits per heavy atom. The van der Waals surface area contributed by atoms with Crippen LogP contribution < -0.4 is 10.9 Å². The Kier molecular flexibility index (Phi) is 5.52. The standard InChI is InChI=1S/C23H21N3O5.ClH/c1-3-23(31-19(27)10-24-2)16-9-18-20-14(8-13-6-4-5-7-17(13)25-20)11-26(18)21(28)15(16)12-30-22(23)29;/h4-9,24H,3,10-12H2,1-2H3;1H. The molecule has 1 unspecified atom stereocenters. The van der Waals surface area contributed by atoms with Crippen molar-refractivity contribution < 1.29 is 19.1 Å². The summed E-state index contributed by atoms with van der Waals surface area (Å²) in [6, 6.07) is 11.6. The van der Waals surface area contributed by atoms with Crippen LogP contribution in [0.25, 0.3) is 22.3 Å². The molecule has 0 bridgehead atoms. The van der Waals surface area contributed by atoms with Gasteiger partial charge in [-0.2, -0.15) is 0 Å². The van der Waals surface area contributed by atoms with E-state index in [1.165, 1.54) is 0 Å². The molecule has 2 aliphatic rings. The van der Waals surface area contributed by atoms with E-state index in [-0.39, 0.29) is 37.5 Å². The third-order valence-corrected chi connectivity index (χ3v) is 5.99. The molecule has 8 nitrogen and oxygen atoms in total. The van der Waals surface area contributed by atoms with E-state index in [0.717, 1.165) is 16.5 Å². The number of nitrogens with zero attached hydrogens (tertiary/aromatic N) is 2. The van der Waals surface area contributed by atoms with Crippen molar-refractivity contribution in [2.45, 2.75) is 32.1 Å². The first-order valence-corrected chi connectivity index (χ1v) is 10.2. The molecule has 2 aromatic heterocycles. The number of likely N-dealkylation sites (N-methyl/N-ethyl adjacent to an activating group) is 1. The average molecular weight is 456 g/mol. The largest absolute Gasteiger partial charge is 0.457 e. The van der Waals surface area contributed by atoms with Crippen LogP contribution >= 0.6 is 12.4 Å². The second-order valence-electron chi connectivity index (χ2n) is 7.76. The molecule has 166 valence electrons. The molecule has 0 radical (unpaired) electrons. The number of para-hydroxylation sites is 1. The minimum Gasteiger partial charge on any atom is -0.457 e. The van der Waals surface area contributed by atoms with E-state index in [0.29, 0.717) is 29.1 Å². The first kappa shape index (κ1) is 22.0. The fourth-order valence-electron chi connectivity index (χ4n) is 4.46. The Morgan fingerprint density at radius 2 is 2.06 bits per heavy atom. The molecule has 1 aromatic carbocycles. The second-order valence-corrected chi connectivity index (χ2v) is 7.76. The Morgan fingerprint density at radius 3 is 2.81 bits per heavy atom. The number of rotatable bonds is 4. The number of fused-ring (bicyclic) bond motifs is 5. The van der Waals surface area contributed by atoms with Crippen molar-refractivity contribution in [2.24, 2.45) is 0 Å². The molecule has 1 N–H and O–H groups in total. The lowest BCUT2D eigenvalue weighted by atomic mass is 9.85. The first-order chi connectivity index (χ1) is 15.0. The third-order valence-electron chi connectivity index (χ3n) is 5.99. The maximum atomic E-state index is 13.4. The number of nitrogens with one attached hydrogen (secondary N) is 1. The van der Waals surface area contributed by atoms with Crippen molar-refractivity contribution in [3.8, 4) is 11.4 Å². The summed E-state index contributed by atoms with van der Waals surface area (Å²) in [4.78, 5) is 43.3. The van der Waals surface area contributed by atoms with Crippen LogP contribution in [0.3, 0.4) is 0 Å². The van der Waals surface area contributed by atoms with Gasteiger partial charge in [-0.1, -0.05) is 25.1 Å². The molecule has 9 heteroatoms. The van der Waals surface area contributed by atoms with E-state index < -0.39 is 17.5 Å². The molecule has 2 aliphatic heterocycles. The summed E-state index contributed by atoms with van der Waals surface area (Å²) in [6.07, 6.45) is 0.148. The maximum absolute atomic E-state index is 13.4. The fourth-order valence-corrected chi connectivity index (χ4v) is 4.46. The molecule has 0 fully saturated rings. The maximum Gasteiger partial charge on any atom is 0.355 e. The summed E-state index contributed by atoms with van der Waals surface area (Å²) < 4.78 is 12.6. The van der Waals surface area contributed by atoms with Crippen molar-refractivity contribution in [1.82, 2.24) is 14.9 Å². The Balaban J connectivity index is 0.00000245. The first-order valence-electron chi connectivity index (χ1n) is 10.2. The van der Waals surface area contributed by atoms with Crippen molar-refractivity contribution in [2.75, 3.05) is 13.6 Å². The van der Waals surface area contributed by atoms with Crippen molar-refractivity contribution in [1.29, 1.82) is 0 Å². The van der Waals surface area contributed by atoms with Gasteiger partial charge in [0.05, 0.1) is 35.6 Å². The van der Waals surface area contributed by atoms with E-state index in [1.807, 2.05) is 30.3 Å². The van der Waals surface area contributed by atoms with Crippen LogP contribution in [-0.2, 0) is 37.8 Å². The van der Waals surface area contributed by atoms with Gasteiger partial charge in [0.2, 0.25) is 5.60 Å². The van der Waals surface area contributed by atoms with Gasteiger partial charge in [-0.05, 0) is 31.7 Å². The van der Waals surface area contributed by atoms with E-state index in [2.05, 4.69) is 5.32 Å². The number of esters is 2. The second kappa shape index (κ2) is 8.03. The van der Waals surface area contributed by atoms with Gasteiger partial charge in [-0.15, -0.1) is 12.4 Å². The number of pyridine rings is 2. The highest BCUT2D eigenvalue weighted by molar-refractivity contribution is 5.88. The quantitative estimate of drug-likeness (QED) is 0.471. The van der Waals surface area contributed by atoms with Crippen molar-refractivity contribution in [3.05, 3.63) is 63.4 Å². The van der Waals surface area contributed by atoms with Gasteiger partial charge < -0.3 is 19.4 Å². The highest BCUT2D eigenvalue weighted by Gasteiger charge is 2.50. The number of ether oxygens (including phenoxy) is 2. The number of aromatic nitrogens is 2. The molecule has 0 spiro atoms. The number of hydrogen-bond donors (Lipinski definition) is 1. The summed E-state index contributed by atoms with van der Waals surface area (Å²) in [7, 11) is 1.61. The molecule has 1 atom stereocenters. The van der Waals surface area contributed by atoms with E-state index in [4.69, 9.17) is 14.5 Å². The summed E-state index contributed by atoms with van der Waals surface area (Å²) in [5.74, 6) is -1.26. The number of carbonyl (C=O) groups is 2. The lowest BCUT2D eigenvalue weighted by Crippen LogP contribution is -2.48. The fraction of sp³-hybridized carbons (Fsp3) is 0.304. The molecule has 32 heavy (non-hydrogen) atoms. The minimum atomic E-state index is -1.66. The predicted octanol–water partition coefficient (Wildman–Crippen LogP) is 2.27. The monoisotopic (exact) mass is 455 g/mol. The van der Waals surface area contributed by atoms with E-state index in [9.17, 15) is 14.4 Å². The van der Waals surface area contributed by atoms with Crippen LogP contribution in [-0.4, -0.2) is 35.1 Å². The van der Waals surface area contributed by atoms with Crippen LogP contribution in [0, 0.1) is 0 Å². The molecule has 0 saturated carbocycles. The lowest BCUT2D eigenvalue weighted by Gasteiger charge is -2.35. The third kappa shape index (κ3) is 3.10. The Hall–Kier alpha value is -3.23. The zero-order valence-corrected chi connectivity index (χ0v) is 18.5. The van der Waals surface area contributed by atoms with E-state index in [1.54, 1.807) is 24.6 Å². The van der Waals surface area contributed by atoms with E-state index >= 15 is 0 Å². The Labute approximate surface area is 190 Å². The summed E-state index contributed by atoms with van der Waals surface area (Å²) >= 11 is 0. The normalized spacial score (nSPS) is 18.2. The topological polar surface area (TPSA) is 99.5 Å². The molecule has 3 aromatic rings. The molecular weight excluding hydrogens is 434 g/mol. The smallest absolute Gasteiger partial charge is 0.355 e. The molecule has 5 rings (SSSR count). The molecule has 0 amide bonds. The lowest BCUT2D eigenvalue weighted by molar-refractivity contribution is -0.188. The number of halogens is 1. The van der Waals surface area contributed by atoms with Gasteiger partial charge in [-0.3, -0.25) is 9.59 Å². The van der Waals surface area contributed by atoms with Gasteiger partial charge in [0.25, 0.3) is 5.56 Å². The van der Waals surface area contributed by atoms with Gasteiger partial charge >= 0.3 is 11.9 Å². The summed E-state index contributed by atoms with van der Waals surface area (Å²) in [5, 5.41) is 3.71. The molecule has 0 aliphatic carbocycles. The van der Waals surface area contributed by atoms with Crippen molar-refractivity contribution in [3.63, 3.8) is 0 Å². The van der Waals surface area contributed by atoms with Crippen LogP contribution in [0.4, 0.5) is 0 Å². The minimum absolute atomic E-state index is 0. The zero-order chi connectivity index (χ0) is 21.8. The molecular formula is C23H22ClN3O5. The highest BCUT2D eigenvalue weighted by Crippen LogP contribution is 2.40. The summed E-state index contributed by atoms with van der Waals surface area (Å²) in [5.41, 5.74) is 1.86. The average Bonchev–Trinajstić information content (AvgIpc) is 3.12. The highest BCUT2D eigenvalue weighted by atomic mass is 35.5. The Bertz CT molecular complexity index is 1320. The van der Waals surface area contributed by atoms with Gasteiger partial charge in [0, 0.05) is 16.5 Å². The number of carbonyl (C=O) groups excluding carboxylic acids is 2. The van der Waals surface area contributed by atoms with Crippen LogP contribution in [0.15, 0.2) is 41.2 Å².